The molecule has 1 fully saturated rings. The van der Waals surface area contributed by atoms with Gasteiger partial charge >= 0.3 is 0 Å². The number of benzene rings is 3. The Hall–Kier alpha value is -3.47. The van der Waals surface area contributed by atoms with Crippen LogP contribution in [0.25, 0.3) is 11.0 Å². The van der Waals surface area contributed by atoms with Crippen LogP contribution >= 0.6 is 0 Å². The molecule has 2 heterocycles. The number of para-hydroxylation sites is 2. The molecule has 1 aliphatic rings. The molecule has 4 nitrogen and oxygen atoms in total. The number of fused-ring (bicyclic) bond motifs is 1. The van der Waals surface area contributed by atoms with Gasteiger partial charge in [-0.1, -0.05) is 54.1 Å². The van der Waals surface area contributed by atoms with Crippen LogP contribution in [0.3, 0.4) is 0 Å². The second-order valence-corrected chi connectivity index (χ2v) is 8.33. The molecule has 1 atom stereocenters. The zero-order valence-corrected chi connectivity index (χ0v) is 17.5. The lowest BCUT2D eigenvalue weighted by molar-refractivity contribution is -0.128. The highest BCUT2D eigenvalue weighted by Gasteiger charge is 2.34. The molecule has 3 aromatic carbocycles. The van der Waals surface area contributed by atoms with Gasteiger partial charge in [0, 0.05) is 32.0 Å². The monoisotopic (exact) mass is 413 g/mol. The molecule has 5 heteroatoms. The molecule has 1 aliphatic heterocycles. The van der Waals surface area contributed by atoms with Gasteiger partial charge in [0.1, 0.15) is 11.6 Å². The maximum atomic E-state index is 13.2. The number of imidazole rings is 1. The molecule has 31 heavy (non-hydrogen) atoms. The molecule has 1 saturated heterocycles. The van der Waals surface area contributed by atoms with Crippen LogP contribution in [0, 0.1) is 12.7 Å². The second-order valence-electron chi connectivity index (χ2n) is 8.33. The highest BCUT2D eigenvalue weighted by molar-refractivity contribution is 5.81. The molecule has 1 aromatic heterocycles. The first-order valence-electron chi connectivity index (χ1n) is 10.6. The van der Waals surface area contributed by atoms with Crippen molar-refractivity contribution >= 4 is 16.9 Å². The first-order chi connectivity index (χ1) is 15.1. The second kappa shape index (κ2) is 7.99. The highest BCUT2D eigenvalue weighted by Crippen LogP contribution is 2.31. The summed E-state index contributed by atoms with van der Waals surface area (Å²) >= 11 is 0. The normalized spacial score (nSPS) is 16.4. The minimum absolute atomic E-state index is 0.0331. The fraction of sp³-hybridized carbons (Fsp3) is 0.231. The van der Waals surface area contributed by atoms with Gasteiger partial charge in [-0.2, -0.15) is 0 Å². The number of hydrogen-bond donors (Lipinski definition) is 0. The summed E-state index contributed by atoms with van der Waals surface area (Å²) in [5, 5.41) is 0. The summed E-state index contributed by atoms with van der Waals surface area (Å²) in [7, 11) is 0. The van der Waals surface area contributed by atoms with Gasteiger partial charge in [0.05, 0.1) is 11.0 Å². The number of carbonyl (C=O) groups excluding carboxylic acids is 1. The fourth-order valence-corrected chi connectivity index (χ4v) is 4.36. The van der Waals surface area contributed by atoms with Gasteiger partial charge < -0.3 is 9.47 Å². The van der Waals surface area contributed by atoms with E-state index in [0.29, 0.717) is 19.5 Å². The molecule has 4 aromatic rings. The number of nitrogens with zero attached hydrogens (tertiary/aromatic N) is 3. The maximum absolute atomic E-state index is 13.2. The molecule has 0 N–H and O–H groups in total. The summed E-state index contributed by atoms with van der Waals surface area (Å²) < 4.78 is 15.5. The number of aromatic nitrogens is 2. The third-order valence-electron chi connectivity index (χ3n) is 6.01. The zero-order valence-electron chi connectivity index (χ0n) is 17.5. The smallest absolute Gasteiger partial charge is 0.223 e. The topological polar surface area (TPSA) is 38.1 Å². The number of likely N-dealkylation sites (tertiary alicyclic amines) is 1. The number of amides is 1. The van der Waals surface area contributed by atoms with Gasteiger partial charge in [0.2, 0.25) is 5.91 Å². The van der Waals surface area contributed by atoms with Crippen molar-refractivity contribution in [2.45, 2.75) is 32.4 Å². The summed E-state index contributed by atoms with van der Waals surface area (Å²) in [6, 6.07) is 23.0. The summed E-state index contributed by atoms with van der Waals surface area (Å²) in [4.78, 5) is 19.6. The minimum atomic E-state index is -0.265. The summed E-state index contributed by atoms with van der Waals surface area (Å²) in [5.41, 5.74) is 5.42. The van der Waals surface area contributed by atoms with Crippen LogP contribution in [-0.4, -0.2) is 26.9 Å². The Morgan fingerprint density at radius 1 is 0.935 bits per heavy atom. The molecule has 0 saturated carbocycles. The predicted molar refractivity (Wildman–Crippen MR) is 119 cm³/mol. The standard InChI is InChI=1S/C26H24FN3O/c1-18-6-8-20(9-7-18)16-30-24-5-3-2-4-23(24)28-26(30)21-14-25(31)29(17-21)15-19-10-12-22(27)13-11-19/h2-13,21H,14-17H2,1H3/t21-/m0/s1. The van der Waals surface area contributed by atoms with Crippen LogP contribution in [0.15, 0.2) is 72.8 Å². The fourth-order valence-electron chi connectivity index (χ4n) is 4.36. The van der Waals surface area contributed by atoms with E-state index in [0.717, 1.165) is 29.0 Å². The van der Waals surface area contributed by atoms with Crippen molar-refractivity contribution in [2.75, 3.05) is 6.54 Å². The summed E-state index contributed by atoms with van der Waals surface area (Å²) in [6.45, 7) is 3.92. The largest absolute Gasteiger partial charge is 0.338 e. The predicted octanol–water partition coefficient (Wildman–Crippen LogP) is 5.05. The molecule has 0 bridgehead atoms. The Morgan fingerprint density at radius 2 is 1.61 bits per heavy atom. The van der Waals surface area contributed by atoms with Crippen molar-refractivity contribution in [2.24, 2.45) is 0 Å². The Balaban J connectivity index is 1.44. The van der Waals surface area contributed by atoms with Gasteiger partial charge in [-0.05, 0) is 42.3 Å². The molecular formula is C26H24FN3O. The van der Waals surface area contributed by atoms with Gasteiger partial charge in [-0.15, -0.1) is 0 Å². The van der Waals surface area contributed by atoms with Crippen LogP contribution in [0.2, 0.25) is 0 Å². The lowest BCUT2D eigenvalue weighted by Gasteiger charge is -2.17. The lowest BCUT2D eigenvalue weighted by atomic mass is 10.1. The molecule has 1 amide bonds. The minimum Gasteiger partial charge on any atom is -0.338 e. The number of halogens is 1. The third kappa shape index (κ3) is 3.96. The Morgan fingerprint density at radius 3 is 2.39 bits per heavy atom. The number of rotatable bonds is 5. The molecule has 0 unspecified atom stereocenters. The number of aryl methyl sites for hydroxylation is 1. The Labute approximate surface area is 181 Å². The molecular weight excluding hydrogens is 389 g/mol. The molecule has 0 radical (unpaired) electrons. The zero-order chi connectivity index (χ0) is 21.4. The van der Waals surface area contributed by atoms with Crippen molar-refractivity contribution in [1.29, 1.82) is 0 Å². The van der Waals surface area contributed by atoms with Crippen molar-refractivity contribution in [3.63, 3.8) is 0 Å². The quantitative estimate of drug-likeness (QED) is 0.459. The number of carbonyl (C=O) groups is 1. The van der Waals surface area contributed by atoms with E-state index in [2.05, 4.69) is 41.8 Å². The van der Waals surface area contributed by atoms with Crippen molar-refractivity contribution in [1.82, 2.24) is 14.5 Å². The van der Waals surface area contributed by atoms with E-state index in [1.165, 1.54) is 23.3 Å². The third-order valence-corrected chi connectivity index (χ3v) is 6.01. The van der Waals surface area contributed by atoms with E-state index in [9.17, 15) is 9.18 Å². The molecule has 156 valence electrons. The van der Waals surface area contributed by atoms with Crippen LogP contribution in [0.1, 0.15) is 34.9 Å². The average Bonchev–Trinajstić information content (AvgIpc) is 3.32. The number of hydrogen-bond acceptors (Lipinski definition) is 2. The maximum Gasteiger partial charge on any atom is 0.223 e. The highest BCUT2D eigenvalue weighted by atomic mass is 19.1. The molecule has 5 rings (SSSR count). The van der Waals surface area contributed by atoms with E-state index in [1.807, 2.05) is 23.1 Å². The average molecular weight is 413 g/mol. The van der Waals surface area contributed by atoms with Gasteiger partial charge in [-0.3, -0.25) is 4.79 Å². The molecule has 0 aliphatic carbocycles. The van der Waals surface area contributed by atoms with E-state index < -0.39 is 0 Å². The van der Waals surface area contributed by atoms with Crippen molar-refractivity contribution in [3.05, 3.63) is 101 Å². The van der Waals surface area contributed by atoms with Crippen molar-refractivity contribution in [3.8, 4) is 0 Å². The van der Waals surface area contributed by atoms with Crippen LogP contribution in [-0.2, 0) is 17.9 Å². The van der Waals surface area contributed by atoms with E-state index in [4.69, 9.17) is 4.98 Å². The van der Waals surface area contributed by atoms with Crippen LogP contribution < -0.4 is 0 Å². The summed E-state index contributed by atoms with van der Waals surface area (Å²) in [5.74, 6) is 0.838. The Bertz CT molecular complexity index is 1230. The van der Waals surface area contributed by atoms with E-state index >= 15 is 0 Å². The van der Waals surface area contributed by atoms with E-state index in [1.54, 1.807) is 12.1 Å². The van der Waals surface area contributed by atoms with Crippen molar-refractivity contribution < 1.29 is 9.18 Å². The van der Waals surface area contributed by atoms with Gasteiger partial charge in [0.15, 0.2) is 0 Å². The Kier molecular flexibility index (Phi) is 5.02. The van der Waals surface area contributed by atoms with Gasteiger partial charge in [0.25, 0.3) is 0 Å². The van der Waals surface area contributed by atoms with Crippen LogP contribution in [0.5, 0.6) is 0 Å². The molecule has 0 spiro atoms. The first kappa shape index (κ1) is 19.5. The lowest BCUT2D eigenvalue weighted by Crippen LogP contribution is -2.24. The van der Waals surface area contributed by atoms with E-state index in [-0.39, 0.29) is 17.6 Å². The van der Waals surface area contributed by atoms with Gasteiger partial charge in [-0.25, -0.2) is 9.37 Å². The first-order valence-corrected chi connectivity index (χ1v) is 10.6. The van der Waals surface area contributed by atoms with Crippen LogP contribution in [0.4, 0.5) is 4.39 Å². The SMILES string of the molecule is Cc1ccc(Cn2c([C@H]3CC(=O)N(Cc4ccc(F)cc4)C3)nc3ccccc32)cc1. The summed E-state index contributed by atoms with van der Waals surface area (Å²) in [6.07, 6.45) is 0.443.